The van der Waals surface area contributed by atoms with Gasteiger partial charge in [-0.05, 0) is 31.2 Å². The molecule has 0 atom stereocenters. The summed E-state index contributed by atoms with van der Waals surface area (Å²) in [4.78, 5) is 0. The number of rotatable bonds is 3. The average Bonchev–Trinajstić information content (AvgIpc) is 2.17. The van der Waals surface area contributed by atoms with E-state index in [-0.39, 0.29) is 0 Å². The van der Waals surface area contributed by atoms with Crippen molar-refractivity contribution in [2.75, 3.05) is 0 Å². The molecule has 14 heavy (non-hydrogen) atoms. The summed E-state index contributed by atoms with van der Waals surface area (Å²) in [7, 11) is 0. The smallest absolute Gasteiger partial charge is 0.0113 e. The van der Waals surface area contributed by atoms with Gasteiger partial charge in [-0.25, -0.2) is 0 Å². The van der Waals surface area contributed by atoms with Crippen molar-refractivity contribution < 1.29 is 0 Å². The van der Waals surface area contributed by atoms with E-state index in [0.29, 0.717) is 6.04 Å². The molecule has 0 bridgehead atoms. The van der Waals surface area contributed by atoms with Crippen molar-refractivity contribution in [3.05, 3.63) is 47.5 Å². The zero-order valence-corrected chi connectivity index (χ0v) is 8.45. The molecular weight excluding hydrogens is 170 g/mol. The predicted molar refractivity (Wildman–Crippen MR) is 60.1 cm³/mol. The van der Waals surface area contributed by atoms with Crippen LogP contribution in [0.15, 0.2) is 42.0 Å². The third kappa shape index (κ3) is 2.46. The number of aryl methyl sites for hydroxylation is 1. The zero-order valence-electron chi connectivity index (χ0n) is 8.45. The summed E-state index contributed by atoms with van der Waals surface area (Å²) in [5, 5.41) is 0. The second-order valence-electron chi connectivity index (χ2n) is 4.05. The van der Waals surface area contributed by atoms with E-state index < -0.39 is 0 Å². The molecule has 0 spiro atoms. The van der Waals surface area contributed by atoms with E-state index in [9.17, 15) is 0 Å². The molecule has 1 aliphatic carbocycles. The lowest BCUT2D eigenvalue weighted by Crippen LogP contribution is -2.30. The second-order valence-corrected chi connectivity index (χ2v) is 4.05. The summed E-state index contributed by atoms with van der Waals surface area (Å²) in [5.41, 5.74) is 8.68. The lowest BCUT2D eigenvalue weighted by atomic mass is 9.86. The molecule has 0 heterocycles. The van der Waals surface area contributed by atoms with Crippen molar-refractivity contribution in [1.82, 2.24) is 0 Å². The fourth-order valence-electron chi connectivity index (χ4n) is 1.87. The van der Waals surface area contributed by atoms with Crippen LogP contribution in [0.4, 0.5) is 0 Å². The van der Waals surface area contributed by atoms with Gasteiger partial charge in [-0.15, -0.1) is 0 Å². The highest BCUT2D eigenvalue weighted by atomic mass is 14.7. The summed E-state index contributed by atoms with van der Waals surface area (Å²) < 4.78 is 0. The Labute approximate surface area is 85.6 Å². The maximum atomic E-state index is 5.71. The topological polar surface area (TPSA) is 26.0 Å². The minimum atomic E-state index is 0.443. The van der Waals surface area contributed by atoms with Crippen LogP contribution >= 0.6 is 0 Å². The standard InChI is InChI=1S/C13H17N/c14-13-9-12(10-13)8-4-7-11-5-2-1-3-6-11/h1-3,5-6,8,13H,4,7,9-10,14H2. The Morgan fingerprint density at radius 1 is 1.21 bits per heavy atom. The van der Waals surface area contributed by atoms with Crippen LogP contribution < -0.4 is 5.73 Å². The SMILES string of the molecule is NC1CC(=CCCc2ccccc2)C1. The molecule has 2 rings (SSSR count). The maximum Gasteiger partial charge on any atom is 0.0113 e. The first kappa shape index (κ1) is 9.47. The third-order valence-electron chi connectivity index (χ3n) is 2.76. The van der Waals surface area contributed by atoms with E-state index in [0.717, 1.165) is 25.7 Å². The van der Waals surface area contributed by atoms with E-state index in [1.165, 1.54) is 5.56 Å². The third-order valence-corrected chi connectivity index (χ3v) is 2.76. The molecule has 1 saturated carbocycles. The Hall–Kier alpha value is -1.08. The highest BCUT2D eigenvalue weighted by molar-refractivity contribution is 5.18. The van der Waals surface area contributed by atoms with E-state index in [1.54, 1.807) is 5.57 Å². The Bertz CT molecular complexity index is 305. The lowest BCUT2D eigenvalue weighted by Gasteiger charge is -2.25. The normalized spacial score (nSPS) is 20.4. The van der Waals surface area contributed by atoms with Crippen LogP contribution in [0.3, 0.4) is 0 Å². The molecule has 0 radical (unpaired) electrons. The number of hydrogen-bond donors (Lipinski definition) is 1. The first-order valence-electron chi connectivity index (χ1n) is 5.32. The van der Waals surface area contributed by atoms with Gasteiger partial charge in [-0.3, -0.25) is 0 Å². The Morgan fingerprint density at radius 3 is 2.57 bits per heavy atom. The molecule has 1 heteroatoms. The van der Waals surface area contributed by atoms with Crippen LogP contribution in [-0.4, -0.2) is 6.04 Å². The van der Waals surface area contributed by atoms with Gasteiger partial charge in [0.15, 0.2) is 0 Å². The summed E-state index contributed by atoms with van der Waals surface area (Å²) in [6, 6.07) is 11.1. The molecule has 2 N–H and O–H groups in total. The predicted octanol–water partition coefficient (Wildman–Crippen LogP) is 2.67. The first-order chi connectivity index (χ1) is 6.84. The number of nitrogens with two attached hydrogens (primary N) is 1. The molecule has 74 valence electrons. The van der Waals surface area contributed by atoms with Crippen molar-refractivity contribution >= 4 is 0 Å². The molecule has 1 aliphatic rings. The molecule has 0 saturated heterocycles. The monoisotopic (exact) mass is 187 g/mol. The van der Waals surface area contributed by atoms with Crippen molar-refractivity contribution in [1.29, 1.82) is 0 Å². The fourth-order valence-corrected chi connectivity index (χ4v) is 1.87. The van der Waals surface area contributed by atoms with E-state index >= 15 is 0 Å². The average molecular weight is 187 g/mol. The van der Waals surface area contributed by atoms with Gasteiger partial charge < -0.3 is 5.73 Å². The minimum absolute atomic E-state index is 0.443. The molecule has 1 aromatic carbocycles. The number of allylic oxidation sites excluding steroid dienone is 1. The van der Waals surface area contributed by atoms with Gasteiger partial charge in [0, 0.05) is 6.04 Å². The van der Waals surface area contributed by atoms with Crippen molar-refractivity contribution in [2.45, 2.75) is 31.7 Å². The molecule has 1 nitrogen and oxygen atoms in total. The van der Waals surface area contributed by atoms with Crippen LogP contribution in [0.5, 0.6) is 0 Å². The number of benzene rings is 1. The van der Waals surface area contributed by atoms with Crippen molar-refractivity contribution in [2.24, 2.45) is 5.73 Å². The van der Waals surface area contributed by atoms with Gasteiger partial charge in [0.2, 0.25) is 0 Å². The van der Waals surface area contributed by atoms with Gasteiger partial charge in [0.05, 0.1) is 0 Å². The van der Waals surface area contributed by atoms with E-state index in [2.05, 4.69) is 36.4 Å². The molecular formula is C13H17N. The summed E-state index contributed by atoms with van der Waals surface area (Å²) in [6.07, 6.45) is 6.91. The molecule has 0 aliphatic heterocycles. The molecule has 0 unspecified atom stereocenters. The zero-order chi connectivity index (χ0) is 9.80. The van der Waals surface area contributed by atoms with Gasteiger partial charge in [-0.2, -0.15) is 0 Å². The molecule has 1 aromatic rings. The molecule has 0 aromatic heterocycles. The fraction of sp³-hybridized carbons (Fsp3) is 0.385. The number of hydrogen-bond acceptors (Lipinski definition) is 1. The highest BCUT2D eigenvalue weighted by Crippen LogP contribution is 2.24. The van der Waals surface area contributed by atoms with Gasteiger partial charge in [-0.1, -0.05) is 42.0 Å². The van der Waals surface area contributed by atoms with E-state index in [4.69, 9.17) is 5.73 Å². The molecule has 0 amide bonds. The van der Waals surface area contributed by atoms with Crippen LogP contribution in [0.25, 0.3) is 0 Å². The molecule has 1 fully saturated rings. The van der Waals surface area contributed by atoms with Crippen molar-refractivity contribution in [3.63, 3.8) is 0 Å². The summed E-state index contributed by atoms with van der Waals surface area (Å²) >= 11 is 0. The van der Waals surface area contributed by atoms with Crippen LogP contribution in [0, 0.1) is 0 Å². The maximum absolute atomic E-state index is 5.71. The van der Waals surface area contributed by atoms with Gasteiger partial charge >= 0.3 is 0 Å². The Morgan fingerprint density at radius 2 is 1.93 bits per heavy atom. The lowest BCUT2D eigenvalue weighted by molar-refractivity contribution is 0.538. The summed E-state index contributed by atoms with van der Waals surface area (Å²) in [6.45, 7) is 0. The summed E-state index contributed by atoms with van der Waals surface area (Å²) in [5.74, 6) is 0. The van der Waals surface area contributed by atoms with Crippen LogP contribution in [0.2, 0.25) is 0 Å². The highest BCUT2D eigenvalue weighted by Gasteiger charge is 2.17. The van der Waals surface area contributed by atoms with Crippen molar-refractivity contribution in [3.8, 4) is 0 Å². The quantitative estimate of drug-likeness (QED) is 0.723. The van der Waals surface area contributed by atoms with Crippen LogP contribution in [0.1, 0.15) is 24.8 Å². The van der Waals surface area contributed by atoms with Gasteiger partial charge in [0.25, 0.3) is 0 Å². The first-order valence-corrected chi connectivity index (χ1v) is 5.32. The minimum Gasteiger partial charge on any atom is -0.327 e. The van der Waals surface area contributed by atoms with Gasteiger partial charge in [0.1, 0.15) is 0 Å². The second kappa shape index (κ2) is 4.43. The van der Waals surface area contributed by atoms with E-state index in [1.807, 2.05) is 0 Å². The van der Waals surface area contributed by atoms with Crippen LogP contribution in [-0.2, 0) is 6.42 Å². The Balaban J connectivity index is 1.76. The Kier molecular flexibility index (Phi) is 3.00. The largest absolute Gasteiger partial charge is 0.327 e.